The van der Waals surface area contributed by atoms with Crippen molar-refractivity contribution in [1.82, 2.24) is 0 Å². The van der Waals surface area contributed by atoms with Crippen LogP contribution in [-0.2, 0) is 17.3 Å². The molecular formula is C22H34OSSi. The van der Waals surface area contributed by atoms with Crippen LogP contribution in [0.3, 0.4) is 0 Å². The van der Waals surface area contributed by atoms with Crippen LogP contribution in [-0.4, -0.2) is 14.4 Å². The molecule has 0 fully saturated rings. The average molecular weight is 375 g/mol. The lowest BCUT2D eigenvalue weighted by Gasteiger charge is -2.39. The molecule has 0 unspecified atom stereocenters. The van der Waals surface area contributed by atoms with E-state index in [0.717, 1.165) is 19.3 Å². The van der Waals surface area contributed by atoms with E-state index in [2.05, 4.69) is 81.7 Å². The monoisotopic (exact) mass is 374 g/mol. The number of hydrogen-bond acceptors (Lipinski definition) is 2. The molecule has 0 bridgehead atoms. The molecule has 0 radical (unpaired) electrons. The van der Waals surface area contributed by atoms with Gasteiger partial charge in [-0.15, -0.1) is 11.3 Å². The standard InChI is InChI=1S/C22H34OSSi/c1-22(2,3)25(4,5)23-20(13-9-14-21-15-10-18-24-21)17-16-19-11-7-6-8-12-19/h6-8,10-12,15,18,20H,9,13-14,16-17H2,1-5H3/t20-/m1/s1. The Morgan fingerprint density at radius 2 is 1.68 bits per heavy atom. The van der Waals surface area contributed by atoms with Crippen LogP contribution in [0.25, 0.3) is 0 Å². The molecule has 1 aromatic heterocycles. The van der Waals surface area contributed by atoms with E-state index in [4.69, 9.17) is 4.43 Å². The first-order valence-electron chi connectivity index (χ1n) is 9.52. The molecule has 0 aliphatic carbocycles. The maximum Gasteiger partial charge on any atom is 0.192 e. The summed E-state index contributed by atoms with van der Waals surface area (Å²) in [6, 6.07) is 15.2. The third-order valence-corrected chi connectivity index (χ3v) is 10.9. The van der Waals surface area contributed by atoms with Crippen molar-refractivity contribution in [2.45, 2.75) is 77.1 Å². The molecule has 1 aromatic carbocycles. The lowest BCUT2D eigenvalue weighted by Crippen LogP contribution is -2.44. The SMILES string of the molecule is CC(C)(C)[Si](C)(C)O[C@H](CCCc1cccs1)CCc1ccccc1. The van der Waals surface area contributed by atoms with E-state index in [1.165, 1.54) is 23.3 Å². The first-order chi connectivity index (χ1) is 11.8. The van der Waals surface area contributed by atoms with Gasteiger partial charge in [0.1, 0.15) is 0 Å². The highest BCUT2D eigenvalue weighted by atomic mass is 32.1. The molecule has 0 spiro atoms. The lowest BCUT2D eigenvalue weighted by atomic mass is 10.0. The van der Waals surface area contributed by atoms with E-state index in [1.807, 2.05) is 11.3 Å². The molecule has 3 heteroatoms. The van der Waals surface area contributed by atoms with Gasteiger partial charge >= 0.3 is 0 Å². The normalized spacial score (nSPS) is 13.8. The minimum absolute atomic E-state index is 0.270. The summed E-state index contributed by atoms with van der Waals surface area (Å²) < 4.78 is 6.79. The lowest BCUT2D eigenvalue weighted by molar-refractivity contribution is 0.159. The summed E-state index contributed by atoms with van der Waals surface area (Å²) in [5, 5.41) is 2.44. The van der Waals surface area contributed by atoms with Crippen LogP contribution < -0.4 is 0 Å². The number of aryl methyl sites for hydroxylation is 2. The van der Waals surface area contributed by atoms with E-state index in [1.54, 1.807) is 0 Å². The van der Waals surface area contributed by atoms with E-state index in [-0.39, 0.29) is 5.04 Å². The fourth-order valence-corrected chi connectivity index (χ4v) is 4.96. The van der Waals surface area contributed by atoms with Crippen molar-refractivity contribution in [3.8, 4) is 0 Å². The van der Waals surface area contributed by atoms with Crippen LogP contribution in [0.2, 0.25) is 18.1 Å². The van der Waals surface area contributed by atoms with Crippen LogP contribution in [0.5, 0.6) is 0 Å². The second-order valence-corrected chi connectivity index (χ2v) is 14.3. The van der Waals surface area contributed by atoms with E-state index < -0.39 is 8.32 Å². The van der Waals surface area contributed by atoms with Crippen molar-refractivity contribution in [2.24, 2.45) is 0 Å². The van der Waals surface area contributed by atoms with Gasteiger partial charge in [0.25, 0.3) is 0 Å². The molecule has 1 atom stereocenters. The van der Waals surface area contributed by atoms with Gasteiger partial charge in [-0.05, 0) is 67.2 Å². The molecule has 138 valence electrons. The second-order valence-electron chi connectivity index (χ2n) is 8.50. The predicted octanol–water partition coefficient (Wildman–Crippen LogP) is 7.09. The number of benzene rings is 1. The summed E-state index contributed by atoms with van der Waals surface area (Å²) in [5.74, 6) is 0. The van der Waals surface area contributed by atoms with Gasteiger partial charge in [0.05, 0.1) is 0 Å². The summed E-state index contributed by atoms with van der Waals surface area (Å²) in [6.07, 6.45) is 6.17. The molecule has 2 aromatic rings. The van der Waals surface area contributed by atoms with Crippen molar-refractivity contribution < 1.29 is 4.43 Å². The van der Waals surface area contributed by atoms with Gasteiger partial charge in [-0.25, -0.2) is 0 Å². The highest BCUT2D eigenvalue weighted by Crippen LogP contribution is 2.38. The van der Waals surface area contributed by atoms with Crippen LogP contribution in [0.1, 0.15) is 50.5 Å². The van der Waals surface area contributed by atoms with E-state index in [0.29, 0.717) is 6.10 Å². The molecule has 0 aliphatic heterocycles. The first-order valence-corrected chi connectivity index (χ1v) is 13.3. The van der Waals surface area contributed by atoms with E-state index in [9.17, 15) is 0 Å². The number of rotatable bonds is 9. The minimum atomic E-state index is -1.72. The quantitative estimate of drug-likeness (QED) is 0.425. The Kier molecular flexibility index (Phi) is 7.47. The Morgan fingerprint density at radius 3 is 2.28 bits per heavy atom. The van der Waals surface area contributed by atoms with Gasteiger partial charge in [-0.1, -0.05) is 57.2 Å². The molecule has 1 nitrogen and oxygen atoms in total. The maximum absolute atomic E-state index is 6.79. The van der Waals surface area contributed by atoms with Crippen LogP contribution >= 0.6 is 11.3 Å². The minimum Gasteiger partial charge on any atom is -0.414 e. The topological polar surface area (TPSA) is 9.23 Å². The molecule has 0 aliphatic rings. The average Bonchev–Trinajstić information content (AvgIpc) is 3.05. The predicted molar refractivity (Wildman–Crippen MR) is 114 cm³/mol. The Hall–Kier alpha value is -0.903. The summed E-state index contributed by atoms with van der Waals surface area (Å²) in [5.41, 5.74) is 1.42. The zero-order valence-corrected chi connectivity index (χ0v) is 18.4. The summed E-state index contributed by atoms with van der Waals surface area (Å²) >= 11 is 1.87. The van der Waals surface area contributed by atoms with Gasteiger partial charge in [0.15, 0.2) is 8.32 Å². The molecule has 0 saturated heterocycles. The van der Waals surface area contributed by atoms with Crippen molar-refractivity contribution in [3.05, 3.63) is 58.3 Å². The molecule has 0 saturated carbocycles. The van der Waals surface area contributed by atoms with E-state index >= 15 is 0 Å². The van der Waals surface area contributed by atoms with Crippen molar-refractivity contribution in [2.75, 3.05) is 0 Å². The Morgan fingerprint density at radius 1 is 0.960 bits per heavy atom. The zero-order chi connectivity index (χ0) is 18.3. The number of hydrogen-bond donors (Lipinski definition) is 0. The van der Waals surface area contributed by atoms with Gasteiger partial charge < -0.3 is 4.43 Å². The molecular weight excluding hydrogens is 340 g/mol. The molecule has 2 rings (SSSR count). The highest BCUT2D eigenvalue weighted by Gasteiger charge is 2.38. The largest absolute Gasteiger partial charge is 0.414 e. The van der Waals surface area contributed by atoms with Crippen molar-refractivity contribution >= 4 is 19.7 Å². The summed E-state index contributed by atoms with van der Waals surface area (Å²) in [6.45, 7) is 11.8. The van der Waals surface area contributed by atoms with Gasteiger partial charge in [0.2, 0.25) is 0 Å². The Bertz CT molecular complexity index is 599. The van der Waals surface area contributed by atoms with Gasteiger partial charge in [0, 0.05) is 11.0 Å². The van der Waals surface area contributed by atoms with Crippen LogP contribution in [0.4, 0.5) is 0 Å². The van der Waals surface area contributed by atoms with Gasteiger partial charge in [-0.3, -0.25) is 0 Å². The third kappa shape index (κ3) is 6.73. The van der Waals surface area contributed by atoms with Crippen LogP contribution in [0, 0.1) is 0 Å². The smallest absolute Gasteiger partial charge is 0.192 e. The number of thiophene rings is 1. The van der Waals surface area contributed by atoms with Crippen molar-refractivity contribution in [1.29, 1.82) is 0 Å². The second kappa shape index (κ2) is 9.16. The van der Waals surface area contributed by atoms with Crippen LogP contribution in [0.15, 0.2) is 47.8 Å². The molecule has 1 heterocycles. The first kappa shape index (κ1) is 20.4. The summed E-state index contributed by atoms with van der Waals surface area (Å²) in [7, 11) is -1.72. The Labute approximate surface area is 159 Å². The molecule has 0 amide bonds. The Balaban J connectivity index is 1.94. The molecule has 0 N–H and O–H groups in total. The maximum atomic E-state index is 6.79. The molecule has 25 heavy (non-hydrogen) atoms. The fraction of sp³-hybridized carbons (Fsp3) is 0.545. The van der Waals surface area contributed by atoms with Crippen molar-refractivity contribution in [3.63, 3.8) is 0 Å². The summed E-state index contributed by atoms with van der Waals surface area (Å²) in [4.78, 5) is 1.49. The fourth-order valence-electron chi connectivity index (χ4n) is 2.79. The zero-order valence-electron chi connectivity index (χ0n) is 16.5. The third-order valence-electron chi connectivity index (χ3n) is 5.39. The highest BCUT2D eigenvalue weighted by molar-refractivity contribution is 7.09. The van der Waals surface area contributed by atoms with Gasteiger partial charge in [-0.2, -0.15) is 0 Å².